The summed E-state index contributed by atoms with van der Waals surface area (Å²) < 4.78 is 0. The molecule has 2 N–H and O–H groups in total. The molecule has 0 unspecified atom stereocenters. The van der Waals surface area contributed by atoms with Crippen LogP contribution in [0.4, 0.5) is 10.5 Å². The van der Waals surface area contributed by atoms with Gasteiger partial charge in [-0.2, -0.15) is 0 Å². The molecule has 1 heterocycles. The highest BCUT2D eigenvalue weighted by Gasteiger charge is 2.07. The molecule has 0 saturated heterocycles. The zero-order valence-electron chi connectivity index (χ0n) is 15.4. The zero-order valence-corrected chi connectivity index (χ0v) is 16.2. The highest BCUT2D eigenvalue weighted by atomic mass is 32.2. The van der Waals surface area contributed by atoms with Gasteiger partial charge in [-0.1, -0.05) is 24.3 Å². The van der Waals surface area contributed by atoms with Crippen molar-refractivity contribution in [1.29, 1.82) is 0 Å². The van der Waals surface area contributed by atoms with Crippen LogP contribution in [0.2, 0.25) is 0 Å². The fourth-order valence-electron chi connectivity index (χ4n) is 2.65. The third kappa shape index (κ3) is 5.56. The molecule has 2 aromatic carbocycles. The standard InChI is InChI=1S/C21H22N4OS/c1-15-6-3-4-7-17(15)10-13-22-20(26)25-19-9-8-18(14-16(19)2)27-21-23-11-5-12-24-21/h3-9,11-12,14H,10,13H2,1-2H3,(H2,22,25,26). The van der Waals surface area contributed by atoms with E-state index in [0.29, 0.717) is 11.7 Å². The van der Waals surface area contributed by atoms with Crippen molar-refractivity contribution >= 4 is 23.5 Å². The lowest BCUT2D eigenvalue weighted by molar-refractivity contribution is 0.252. The first-order chi connectivity index (χ1) is 13.1. The molecule has 2 amide bonds. The summed E-state index contributed by atoms with van der Waals surface area (Å²) in [7, 11) is 0. The molecule has 0 aliphatic heterocycles. The molecule has 138 valence electrons. The van der Waals surface area contributed by atoms with Crippen LogP contribution in [0.25, 0.3) is 0 Å². The van der Waals surface area contributed by atoms with E-state index >= 15 is 0 Å². The van der Waals surface area contributed by atoms with E-state index in [0.717, 1.165) is 22.6 Å². The van der Waals surface area contributed by atoms with Gasteiger partial charge in [-0.05, 0) is 73.0 Å². The van der Waals surface area contributed by atoms with Crippen molar-refractivity contribution in [2.75, 3.05) is 11.9 Å². The second kappa shape index (κ2) is 9.19. The lowest BCUT2D eigenvalue weighted by Crippen LogP contribution is -2.30. The van der Waals surface area contributed by atoms with Crippen molar-refractivity contribution in [3.05, 3.63) is 77.6 Å². The molecule has 0 aliphatic carbocycles. The van der Waals surface area contributed by atoms with E-state index in [2.05, 4.69) is 39.7 Å². The first-order valence-corrected chi connectivity index (χ1v) is 9.58. The molecule has 0 spiro atoms. The number of hydrogen-bond acceptors (Lipinski definition) is 4. The minimum atomic E-state index is -0.196. The largest absolute Gasteiger partial charge is 0.338 e. The maximum Gasteiger partial charge on any atom is 0.319 e. The fourth-order valence-corrected chi connectivity index (χ4v) is 3.46. The molecule has 3 aromatic rings. The van der Waals surface area contributed by atoms with E-state index in [-0.39, 0.29) is 6.03 Å². The summed E-state index contributed by atoms with van der Waals surface area (Å²) in [6, 6.07) is 15.7. The summed E-state index contributed by atoms with van der Waals surface area (Å²) in [6.07, 6.45) is 4.25. The van der Waals surface area contributed by atoms with Crippen molar-refractivity contribution < 1.29 is 4.79 Å². The number of urea groups is 1. The van der Waals surface area contributed by atoms with Gasteiger partial charge in [0.25, 0.3) is 0 Å². The molecule has 1 aromatic heterocycles. The van der Waals surface area contributed by atoms with Crippen molar-refractivity contribution in [2.45, 2.75) is 30.3 Å². The summed E-state index contributed by atoms with van der Waals surface area (Å²) in [5, 5.41) is 6.53. The molecule has 0 saturated carbocycles. The lowest BCUT2D eigenvalue weighted by Gasteiger charge is -2.11. The zero-order chi connectivity index (χ0) is 19.1. The number of hydrogen-bond donors (Lipinski definition) is 2. The number of anilines is 1. The summed E-state index contributed by atoms with van der Waals surface area (Å²) in [5.74, 6) is 0. The number of nitrogens with zero attached hydrogens (tertiary/aromatic N) is 2. The average molecular weight is 379 g/mol. The fraction of sp³-hybridized carbons (Fsp3) is 0.190. The highest BCUT2D eigenvalue weighted by molar-refractivity contribution is 7.99. The topological polar surface area (TPSA) is 66.9 Å². The van der Waals surface area contributed by atoms with Crippen LogP contribution in [-0.4, -0.2) is 22.5 Å². The molecule has 6 heteroatoms. The minimum Gasteiger partial charge on any atom is -0.338 e. The van der Waals surface area contributed by atoms with Crippen LogP contribution in [-0.2, 0) is 6.42 Å². The predicted octanol–water partition coefficient (Wildman–Crippen LogP) is 4.61. The van der Waals surface area contributed by atoms with Crippen molar-refractivity contribution in [2.24, 2.45) is 0 Å². The Morgan fingerprint density at radius 3 is 2.52 bits per heavy atom. The number of amides is 2. The van der Waals surface area contributed by atoms with E-state index in [1.165, 1.54) is 22.9 Å². The Kier molecular flexibility index (Phi) is 6.44. The van der Waals surface area contributed by atoms with Gasteiger partial charge in [-0.25, -0.2) is 14.8 Å². The average Bonchev–Trinajstić information content (AvgIpc) is 2.66. The smallest absolute Gasteiger partial charge is 0.319 e. The molecule has 0 aliphatic rings. The number of carbonyl (C=O) groups is 1. The predicted molar refractivity (Wildman–Crippen MR) is 109 cm³/mol. The Morgan fingerprint density at radius 1 is 1.00 bits per heavy atom. The van der Waals surface area contributed by atoms with Gasteiger partial charge in [0.2, 0.25) is 0 Å². The summed E-state index contributed by atoms with van der Waals surface area (Å²) in [4.78, 5) is 21.6. The molecule has 0 bridgehead atoms. The van der Waals surface area contributed by atoms with E-state index in [9.17, 15) is 4.79 Å². The van der Waals surface area contributed by atoms with Crippen LogP contribution in [0.3, 0.4) is 0 Å². The Bertz CT molecular complexity index is 915. The lowest BCUT2D eigenvalue weighted by atomic mass is 10.1. The van der Waals surface area contributed by atoms with E-state index in [1.807, 2.05) is 37.3 Å². The Labute approximate surface area is 163 Å². The van der Waals surface area contributed by atoms with Gasteiger partial charge >= 0.3 is 6.03 Å². The van der Waals surface area contributed by atoms with E-state index in [1.54, 1.807) is 18.5 Å². The number of aryl methyl sites for hydroxylation is 2. The maximum atomic E-state index is 12.2. The minimum absolute atomic E-state index is 0.196. The Balaban J connectivity index is 1.52. The van der Waals surface area contributed by atoms with Gasteiger partial charge in [-0.3, -0.25) is 0 Å². The van der Waals surface area contributed by atoms with Gasteiger partial charge in [-0.15, -0.1) is 0 Å². The SMILES string of the molecule is Cc1ccccc1CCNC(=O)Nc1ccc(Sc2ncccn2)cc1C. The first kappa shape index (κ1) is 18.9. The number of rotatable bonds is 6. The van der Waals surface area contributed by atoms with E-state index < -0.39 is 0 Å². The number of aromatic nitrogens is 2. The van der Waals surface area contributed by atoms with Gasteiger partial charge in [0.05, 0.1) is 0 Å². The monoisotopic (exact) mass is 378 g/mol. The van der Waals surface area contributed by atoms with Crippen molar-refractivity contribution in [3.63, 3.8) is 0 Å². The van der Waals surface area contributed by atoms with Gasteiger partial charge < -0.3 is 10.6 Å². The first-order valence-electron chi connectivity index (χ1n) is 8.77. The third-order valence-electron chi connectivity index (χ3n) is 4.14. The molecule has 0 radical (unpaired) electrons. The molecule has 0 fully saturated rings. The number of carbonyl (C=O) groups excluding carboxylic acids is 1. The second-order valence-corrected chi connectivity index (χ2v) is 7.21. The summed E-state index contributed by atoms with van der Waals surface area (Å²) in [5.41, 5.74) is 4.27. The summed E-state index contributed by atoms with van der Waals surface area (Å²) >= 11 is 1.49. The third-order valence-corrected chi connectivity index (χ3v) is 5.02. The van der Waals surface area contributed by atoms with Gasteiger partial charge in [0, 0.05) is 29.5 Å². The molecular weight excluding hydrogens is 356 g/mol. The van der Waals surface area contributed by atoms with Crippen LogP contribution in [0, 0.1) is 13.8 Å². The van der Waals surface area contributed by atoms with Crippen LogP contribution in [0.15, 0.2) is 71.0 Å². The number of nitrogens with one attached hydrogen (secondary N) is 2. The Morgan fingerprint density at radius 2 is 1.78 bits per heavy atom. The summed E-state index contributed by atoms with van der Waals surface area (Å²) in [6.45, 7) is 4.65. The van der Waals surface area contributed by atoms with Crippen molar-refractivity contribution in [1.82, 2.24) is 15.3 Å². The van der Waals surface area contributed by atoms with E-state index in [4.69, 9.17) is 0 Å². The second-order valence-electron chi connectivity index (χ2n) is 6.17. The van der Waals surface area contributed by atoms with Crippen LogP contribution >= 0.6 is 11.8 Å². The van der Waals surface area contributed by atoms with Crippen molar-refractivity contribution in [3.8, 4) is 0 Å². The van der Waals surface area contributed by atoms with Gasteiger partial charge in [0.1, 0.15) is 0 Å². The highest BCUT2D eigenvalue weighted by Crippen LogP contribution is 2.27. The normalized spacial score (nSPS) is 10.4. The quantitative estimate of drug-likeness (QED) is 0.615. The number of benzene rings is 2. The van der Waals surface area contributed by atoms with Crippen LogP contribution in [0.1, 0.15) is 16.7 Å². The Hall–Kier alpha value is -2.86. The van der Waals surface area contributed by atoms with Crippen LogP contribution in [0.5, 0.6) is 0 Å². The molecular formula is C21H22N4OS. The maximum absolute atomic E-state index is 12.2. The molecule has 5 nitrogen and oxygen atoms in total. The van der Waals surface area contributed by atoms with Crippen LogP contribution < -0.4 is 10.6 Å². The molecule has 3 rings (SSSR count). The molecule has 0 atom stereocenters. The molecule has 27 heavy (non-hydrogen) atoms. The van der Waals surface area contributed by atoms with Gasteiger partial charge in [0.15, 0.2) is 5.16 Å².